The lowest BCUT2D eigenvalue weighted by atomic mass is 9.77. The highest BCUT2D eigenvalue weighted by atomic mass is 16.6. The average Bonchev–Trinajstić information content (AvgIpc) is 3.25. The maximum Gasteiger partial charge on any atom is 0.306 e. The van der Waals surface area contributed by atoms with Gasteiger partial charge in [-0.2, -0.15) is 0 Å². The zero-order chi connectivity index (χ0) is 22.7. The van der Waals surface area contributed by atoms with Crippen molar-refractivity contribution in [2.75, 3.05) is 40.8 Å². The van der Waals surface area contributed by atoms with Gasteiger partial charge in [-0.15, -0.1) is 0 Å². The number of carbonyl (C=O) groups excluding carboxylic acids is 1. The molecule has 1 heterocycles. The summed E-state index contributed by atoms with van der Waals surface area (Å²) in [6.45, 7) is 7.48. The van der Waals surface area contributed by atoms with Gasteiger partial charge in [0.2, 0.25) is 0 Å². The molecule has 3 rings (SSSR count). The quantitative estimate of drug-likeness (QED) is 0.559. The van der Waals surface area contributed by atoms with Crippen LogP contribution in [-0.4, -0.2) is 56.5 Å². The van der Waals surface area contributed by atoms with Gasteiger partial charge in [0, 0.05) is 25.3 Å². The molecule has 0 amide bonds. The lowest BCUT2D eigenvalue weighted by molar-refractivity contribution is -0.168. The first-order valence-electron chi connectivity index (χ1n) is 11.5. The first-order chi connectivity index (χ1) is 14.9. The Bertz CT molecular complexity index is 757. The zero-order valence-electron chi connectivity index (χ0n) is 20.0. The fourth-order valence-electron chi connectivity index (χ4n) is 4.22. The first-order valence-corrected chi connectivity index (χ1v) is 11.5. The number of ether oxygens (including phenoxy) is 1. The van der Waals surface area contributed by atoms with Gasteiger partial charge in [-0.05, 0) is 58.2 Å². The molecule has 0 radical (unpaired) electrons. The van der Waals surface area contributed by atoms with Gasteiger partial charge in [0.05, 0.1) is 0 Å². The Kier molecular flexibility index (Phi) is 10.2. The fraction of sp³-hybridized carbons (Fsp3) is 0.519. The molecule has 1 aliphatic heterocycles. The number of likely N-dealkylation sites (tertiary alicyclic amines) is 1. The van der Waals surface area contributed by atoms with E-state index in [0.717, 1.165) is 12.1 Å². The monoisotopic (exact) mass is 424 g/mol. The Morgan fingerprint density at radius 1 is 1.03 bits per heavy atom. The van der Waals surface area contributed by atoms with Crippen LogP contribution in [0.5, 0.6) is 0 Å². The Hall–Kier alpha value is -2.17. The molecule has 2 atom stereocenters. The largest absolute Gasteiger partial charge is 0.453 e. The summed E-state index contributed by atoms with van der Waals surface area (Å²) in [6.07, 6.45) is 3.86. The van der Waals surface area contributed by atoms with Crippen LogP contribution in [0.1, 0.15) is 44.2 Å². The van der Waals surface area contributed by atoms with Crippen LogP contribution in [-0.2, 0) is 21.6 Å². The van der Waals surface area contributed by atoms with Crippen LogP contribution in [0.25, 0.3) is 0 Å². The Labute approximate surface area is 189 Å². The molecule has 31 heavy (non-hydrogen) atoms. The third-order valence-electron chi connectivity index (χ3n) is 5.92. The standard InChI is InChI=1S/C22H29NO2.C5H11N/c1-5-21(24)25-22(18(2)17-23(3)4,20-14-10-7-11-15-20)16-19-12-8-6-9-13-19;1-6-4-2-3-5-6/h6-15,18H,5,16-17H2,1-4H3;2-5H2,1H3. The molecule has 2 aromatic carbocycles. The van der Waals surface area contributed by atoms with Gasteiger partial charge in [-0.25, -0.2) is 0 Å². The highest BCUT2D eigenvalue weighted by molar-refractivity contribution is 5.69. The summed E-state index contributed by atoms with van der Waals surface area (Å²) in [6, 6.07) is 20.4. The zero-order valence-corrected chi connectivity index (χ0v) is 20.0. The minimum absolute atomic E-state index is 0.139. The molecule has 0 N–H and O–H groups in total. The fourth-order valence-corrected chi connectivity index (χ4v) is 4.22. The summed E-state index contributed by atoms with van der Waals surface area (Å²) in [5, 5.41) is 0. The van der Waals surface area contributed by atoms with Gasteiger partial charge in [-0.3, -0.25) is 4.79 Å². The van der Waals surface area contributed by atoms with Gasteiger partial charge in [-0.1, -0.05) is 74.5 Å². The van der Waals surface area contributed by atoms with E-state index in [2.05, 4.69) is 62.1 Å². The lowest BCUT2D eigenvalue weighted by Crippen LogP contribution is -2.44. The van der Waals surface area contributed by atoms with Gasteiger partial charge >= 0.3 is 5.97 Å². The second-order valence-corrected chi connectivity index (χ2v) is 8.92. The van der Waals surface area contributed by atoms with Gasteiger partial charge in [0.1, 0.15) is 5.60 Å². The Balaban J connectivity index is 0.000000488. The van der Waals surface area contributed by atoms with Crippen LogP contribution >= 0.6 is 0 Å². The van der Waals surface area contributed by atoms with E-state index in [1.807, 2.05) is 43.3 Å². The molecule has 4 heteroatoms. The van der Waals surface area contributed by atoms with E-state index in [-0.39, 0.29) is 11.9 Å². The molecule has 1 fully saturated rings. The molecule has 4 nitrogen and oxygen atoms in total. The van der Waals surface area contributed by atoms with Crippen molar-refractivity contribution in [2.24, 2.45) is 5.92 Å². The second kappa shape index (κ2) is 12.6. The third kappa shape index (κ3) is 7.79. The predicted molar refractivity (Wildman–Crippen MR) is 129 cm³/mol. The van der Waals surface area contributed by atoms with Gasteiger partial charge < -0.3 is 14.5 Å². The average molecular weight is 425 g/mol. The topological polar surface area (TPSA) is 32.8 Å². The molecule has 0 spiro atoms. The Morgan fingerprint density at radius 3 is 2.03 bits per heavy atom. The molecule has 0 aromatic heterocycles. The third-order valence-corrected chi connectivity index (χ3v) is 5.92. The minimum atomic E-state index is -0.681. The highest BCUT2D eigenvalue weighted by Gasteiger charge is 2.42. The first kappa shape index (κ1) is 25.1. The maximum absolute atomic E-state index is 12.3. The van der Waals surface area contributed by atoms with Crippen molar-refractivity contribution in [3.8, 4) is 0 Å². The summed E-state index contributed by atoms with van der Waals surface area (Å²) in [7, 11) is 6.28. The van der Waals surface area contributed by atoms with Crippen LogP contribution in [0, 0.1) is 5.92 Å². The van der Waals surface area contributed by atoms with Crippen molar-refractivity contribution >= 4 is 5.97 Å². The van der Waals surface area contributed by atoms with E-state index in [1.165, 1.54) is 31.5 Å². The van der Waals surface area contributed by atoms with E-state index in [4.69, 9.17) is 4.74 Å². The summed E-state index contributed by atoms with van der Waals surface area (Å²) < 4.78 is 6.17. The molecular formula is C27H40N2O2. The number of esters is 1. The van der Waals surface area contributed by atoms with Gasteiger partial charge in [0.15, 0.2) is 0 Å². The summed E-state index contributed by atoms with van der Waals surface area (Å²) >= 11 is 0. The lowest BCUT2D eigenvalue weighted by Gasteiger charge is -2.40. The van der Waals surface area contributed by atoms with Crippen molar-refractivity contribution in [1.82, 2.24) is 9.80 Å². The van der Waals surface area contributed by atoms with E-state index < -0.39 is 5.60 Å². The number of hydrogen-bond donors (Lipinski definition) is 0. The van der Waals surface area contributed by atoms with Gasteiger partial charge in [0.25, 0.3) is 0 Å². The van der Waals surface area contributed by atoms with Crippen LogP contribution in [0.4, 0.5) is 0 Å². The van der Waals surface area contributed by atoms with E-state index >= 15 is 0 Å². The van der Waals surface area contributed by atoms with Crippen LogP contribution in [0.3, 0.4) is 0 Å². The van der Waals surface area contributed by atoms with Crippen molar-refractivity contribution in [3.05, 3.63) is 71.8 Å². The summed E-state index contributed by atoms with van der Waals surface area (Å²) in [4.78, 5) is 16.9. The van der Waals surface area contributed by atoms with E-state index in [1.54, 1.807) is 0 Å². The second-order valence-electron chi connectivity index (χ2n) is 8.92. The number of nitrogens with zero attached hydrogens (tertiary/aromatic N) is 2. The molecule has 0 saturated carbocycles. The van der Waals surface area contributed by atoms with Crippen LogP contribution in [0.15, 0.2) is 60.7 Å². The van der Waals surface area contributed by atoms with Crippen molar-refractivity contribution < 1.29 is 9.53 Å². The molecule has 0 bridgehead atoms. The SMILES string of the molecule is CCC(=O)OC(Cc1ccccc1)(c1ccccc1)C(C)CN(C)C.CN1CCCC1. The maximum atomic E-state index is 12.3. The van der Waals surface area contributed by atoms with Crippen molar-refractivity contribution in [3.63, 3.8) is 0 Å². The number of benzene rings is 2. The highest BCUT2D eigenvalue weighted by Crippen LogP contribution is 2.38. The van der Waals surface area contributed by atoms with Crippen LogP contribution in [0.2, 0.25) is 0 Å². The molecule has 170 valence electrons. The number of rotatable bonds is 8. The minimum Gasteiger partial charge on any atom is -0.453 e. The van der Waals surface area contributed by atoms with Crippen LogP contribution < -0.4 is 0 Å². The number of hydrogen-bond acceptors (Lipinski definition) is 4. The predicted octanol–water partition coefficient (Wildman–Crippen LogP) is 4.99. The summed E-state index contributed by atoms with van der Waals surface area (Å²) in [5.41, 5.74) is 1.54. The van der Waals surface area contributed by atoms with Crippen molar-refractivity contribution in [1.29, 1.82) is 0 Å². The smallest absolute Gasteiger partial charge is 0.306 e. The summed E-state index contributed by atoms with van der Waals surface area (Å²) in [5.74, 6) is -0.0222. The normalized spacial score (nSPS) is 16.8. The molecule has 0 aliphatic carbocycles. The Morgan fingerprint density at radius 2 is 1.58 bits per heavy atom. The molecule has 2 aromatic rings. The molecular weight excluding hydrogens is 384 g/mol. The van der Waals surface area contributed by atoms with E-state index in [0.29, 0.717) is 12.8 Å². The van der Waals surface area contributed by atoms with Crippen molar-refractivity contribution in [2.45, 2.75) is 45.1 Å². The number of carbonyl (C=O) groups is 1. The molecule has 1 saturated heterocycles. The molecule has 2 unspecified atom stereocenters. The van der Waals surface area contributed by atoms with E-state index in [9.17, 15) is 4.79 Å². The molecule has 1 aliphatic rings.